The molecule has 0 N–H and O–H groups in total. The van der Waals surface area contributed by atoms with E-state index in [4.69, 9.17) is 14.8 Å². The van der Waals surface area contributed by atoms with Crippen LogP contribution in [0.1, 0.15) is 95.3 Å². The van der Waals surface area contributed by atoms with Gasteiger partial charge >= 0.3 is 21.1 Å². The molecule has 0 aliphatic carbocycles. The van der Waals surface area contributed by atoms with Crippen LogP contribution in [-0.2, 0) is 33.9 Å². The van der Waals surface area contributed by atoms with Gasteiger partial charge in [0.05, 0.1) is 5.69 Å². The van der Waals surface area contributed by atoms with E-state index < -0.39 is 0 Å². The quantitative estimate of drug-likeness (QED) is 0.0959. The van der Waals surface area contributed by atoms with Crippen LogP contribution in [0.25, 0.3) is 44.4 Å². The van der Waals surface area contributed by atoms with Gasteiger partial charge in [0.15, 0.2) is 0 Å². The van der Waals surface area contributed by atoms with E-state index in [1.807, 2.05) is 29.1 Å². The van der Waals surface area contributed by atoms with Gasteiger partial charge in [-0.3, -0.25) is 4.68 Å². The molecule has 3 aromatic heterocycles. The Labute approximate surface area is 342 Å². The molecule has 4 aromatic carbocycles. The van der Waals surface area contributed by atoms with Gasteiger partial charge in [0, 0.05) is 34.5 Å². The first-order valence-corrected chi connectivity index (χ1v) is 19.5. The van der Waals surface area contributed by atoms with E-state index in [0.29, 0.717) is 16.9 Å². The molecule has 0 radical (unpaired) electrons. The van der Waals surface area contributed by atoms with Crippen LogP contribution in [0.15, 0.2) is 91.1 Å². The molecule has 7 rings (SSSR count). The minimum atomic E-state index is 0. The Morgan fingerprint density at radius 3 is 2.18 bits per heavy atom. The van der Waals surface area contributed by atoms with Crippen LogP contribution in [0, 0.1) is 43.7 Å². The van der Waals surface area contributed by atoms with Crippen molar-refractivity contribution in [3.05, 3.63) is 131 Å². The zero-order valence-electron chi connectivity index (χ0n) is 33.9. The van der Waals surface area contributed by atoms with Crippen molar-refractivity contribution in [1.82, 2.24) is 19.3 Å². The van der Waals surface area contributed by atoms with Crippen molar-refractivity contribution in [2.24, 2.45) is 10.8 Å². The van der Waals surface area contributed by atoms with Crippen molar-refractivity contribution in [1.29, 1.82) is 0 Å². The summed E-state index contributed by atoms with van der Waals surface area (Å²) in [5.41, 5.74) is 11.6. The fourth-order valence-electron chi connectivity index (χ4n) is 7.49. The summed E-state index contributed by atoms with van der Waals surface area (Å²) in [6.45, 7) is 20.2. The van der Waals surface area contributed by atoms with Gasteiger partial charge in [-0.25, -0.2) is 4.98 Å². The third kappa shape index (κ3) is 9.33. The number of unbranched alkanes of at least 4 members (excludes halogenated alkanes) is 1. The summed E-state index contributed by atoms with van der Waals surface area (Å²) in [6.07, 6.45) is 8.56. The molecule has 0 atom stereocenters. The number of aryl methyl sites for hydroxylation is 4. The summed E-state index contributed by atoms with van der Waals surface area (Å²) in [4.78, 5) is 4.82. The SMILES string of the molecule is Cc1ccnc(-n2c3[c-]c(Oc4[c-]c(-n5nc(C)c(-c6ccccc6)c5C)cc(CCC(C)(C)C)c4)ccc3c3cc(CCCCC(C)(C)C)ccc32)c1.[Pt+2]. The monoisotopic (exact) mass is 909 g/mol. The second-order valence-corrected chi connectivity index (χ2v) is 17.5. The number of hydrogen-bond donors (Lipinski definition) is 0. The minimum absolute atomic E-state index is 0. The van der Waals surface area contributed by atoms with Crippen LogP contribution in [-0.4, -0.2) is 19.3 Å². The molecule has 7 aromatic rings. The van der Waals surface area contributed by atoms with Crippen LogP contribution in [0.2, 0.25) is 0 Å². The van der Waals surface area contributed by atoms with E-state index in [1.165, 1.54) is 35.8 Å². The molecule has 286 valence electrons. The average molecular weight is 910 g/mol. The molecule has 3 heterocycles. The van der Waals surface area contributed by atoms with E-state index in [2.05, 4.69) is 146 Å². The van der Waals surface area contributed by atoms with Gasteiger partial charge in [-0.2, -0.15) is 16.7 Å². The first kappa shape index (κ1) is 40.2. The summed E-state index contributed by atoms with van der Waals surface area (Å²) in [6, 6.07) is 37.4. The van der Waals surface area contributed by atoms with Gasteiger partial charge in [0.2, 0.25) is 0 Å². The first-order valence-electron chi connectivity index (χ1n) is 19.5. The first-order chi connectivity index (χ1) is 25.7. The van der Waals surface area contributed by atoms with E-state index in [9.17, 15) is 0 Å². The van der Waals surface area contributed by atoms with Gasteiger partial charge in [-0.1, -0.05) is 95.9 Å². The molecule has 0 fully saturated rings. The second-order valence-electron chi connectivity index (χ2n) is 17.5. The Hall–Kier alpha value is -4.47. The fraction of sp³-hybridized carbons (Fsp3) is 0.347. The predicted octanol–water partition coefficient (Wildman–Crippen LogP) is 13.1. The normalized spacial score (nSPS) is 12.0. The smallest absolute Gasteiger partial charge is 0.509 e. The Morgan fingerprint density at radius 1 is 0.691 bits per heavy atom. The standard InChI is InChI=1S/C49H54N4O.Pt/c1-33-23-26-50-46(27-33)52-44-21-18-36(15-13-14-24-48(4,5)6)30-43(44)42-20-19-40(32-45(42)52)54-41-29-37(22-25-49(7,8)9)28-39(31-41)53-35(3)47(34(2)51-53)38-16-11-10-12-17-38;/h10-12,16-21,23,26-30H,13-15,22,24-25H2,1-9H3;/q-2;+2. The van der Waals surface area contributed by atoms with Crippen molar-refractivity contribution >= 4 is 21.8 Å². The number of aromatic nitrogens is 4. The zero-order valence-corrected chi connectivity index (χ0v) is 36.2. The van der Waals surface area contributed by atoms with Crippen molar-refractivity contribution in [3.63, 3.8) is 0 Å². The second kappa shape index (κ2) is 16.3. The minimum Gasteiger partial charge on any atom is -0.509 e. The predicted molar refractivity (Wildman–Crippen MR) is 224 cm³/mol. The molecule has 0 aliphatic rings. The molecule has 0 unspecified atom stereocenters. The largest absolute Gasteiger partial charge is 2.00 e. The van der Waals surface area contributed by atoms with Crippen LogP contribution in [0.5, 0.6) is 11.5 Å². The molecule has 6 heteroatoms. The summed E-state index contributed by atoms with van der Waals surface area (Å²) < 4.78 is 11.0. The van der Waals surface area contributed by atoms with E-state index in [0.717, 1.165) is 75.3 Å². The van der Waals surface area contributed by atoms with Gasteiger partial charge < -0.3 is 9.30 Å². The zero-order chi connectivity index (χ0) is 38.2. The summed E-state index contributed by atoms with van der Waals surface area (Å²) in [5.74, 6) is 2.16. The van der Waals surface area contributed by atoms with Crippen molar-refractivity contribution in [2.45, 2.75) is 101 Å². The van der Waals surface area contributed by atoms with Gasteiger partial charge in [0.1, 0.15) is 5.82 Å². The maximum absolute atomic E-state index is 6.72. The number of nitrogens with zero attached hydrogens (tertiary/aromatic N) is 4. The summed E-state index contributed by atoms with van der Waals surface area (Å²) in [7, 11) is 0. The molecular weight excluding hydrogens is 856 g/mol. The van der Waals surface area contributed by atoms with Crippen molar-refractivity contribution in [3.8, 4) is 34.1 Å². The number of pyridine rings is 1. The summed E-state index contributed by atoms with van der Waals surface area (Å²) >= 11 is 0. The summed E-state index contributed by atoms with van der Waals surface area (Å²) in [5, 5.41) is 7.37. The Bertz CT molecular complexity index is 2420. The number of hydrogen-bond acceptors (Lipinski definition) is 3. The van der Waals surface area contributed by atoms with Crippen molar-refractivity contribution < 1.29 is 25.8 Å². The molecule has 0 bridgehead atoms. The van der Waals surface area contributed by atoms with Gasteiger partial charge in [-0.05, 0) is 110 Å². The van der Waals surface area contributed by atoms with Gasteiger partial charge in [-0.15, -0.1) is 35.7 Å². The van der Waals surface area contributed by atoms with E-state index >= 15 is 0 Å². The van der Waals surface area contributed by atoms with Crippen LogP contribution in [0.3, 0.4) is 0 Å². The molecule has 55 heavy (non-hydrogen) atoms. The number of rotatable bonds is 11. The van der Waals surface area contributed by atoms with Crippen LogP contribution < -0.4 is 4.74 Å². The third-order valence-electron chi connectivity index (χ3n) is 10.3. The van der Waals surface area contributed by atoms with Crippen molar-refractivity contribution in [2.75, 3.05) is 0 Å². The topological polar surface area (TPSA) is 44.9 Å². The van der Waals surface area contributed by atoms with Crippen LogP contribution >= 0.6 is 0 Å². The maximum Gasteiger partial charge on any atom is 2.00 e. The molecule has 0 saturated carbocycles. The average Bonchev–Trinajstić information content (AvgIpc) is 3.60. The van der Waals surface area contributed by atoms with E-state index in [-0.39, 0.29) is 26.5 Å². The molecule has 0 saturated heterocycles. The molecular formula is C49H54N4OPt. The maximum atomic E-state index is 6.72. The molecule has 0 spiro atoms. The molecule has 0 amide bonds. The van der Waals surface area contributed by atoms with Crippen LogP contribution in [0.4, 0.5) is 0 Å². The Balaban J connectivity index is 0.00000514. The fourth-order valence-corrected chi connectivity index (χ4v) is 7.49. The number of ether oxygens (including phenoxy) is 1. The third-order valence-corrected chi connectivity index (χ3v) is 10.3. The number of fused-ring (bicyclic) bond motifs is 3. The van der Waals surface area contributed by atoms with E-state index in [1.54, 1.807) is 0 Å². The Kier molecular flexibility index (Phi) is 11.9. The molecule has 5 nitrogen and oxygen atoms in total. The van der Waals surface area contributed by atoms with Gasteiger partial charge in [0.25, 0.3) is 0 Å². The molecule has 0 aliphatic heterocycles. The Morgan fingerprint density at radius 2 is 1.45 bits per heavy atom. The number of benzene rings is 4.